The number of rotatable bonds is 3. The molecule has 0 bridgehead atoms. The summed E-state index contributed by atoms with van der Waals surface area (Å²) in [4.78, 5) is 21.3. The number of carbonyl (C=O) groups excluding carboxylic acids is 1. The third kappa shape index (κ3) is 3.64. The van der Waals surface area contributed by atoms with Crippen molar-refractivity contribution in [3.05, 3.63) is 41.7 Å². The van der Waals surface area contributed by atoms with Crippen LogP contribution >= 0.6 is 0 Å². The fourth-order valence-electron chi connectivity index (χ4n) is 0.990. The number of aliphatic carboxylic acids is 1. The van der Waals surface area contributed by atoms with E-state index < -0.39 is 11.9 Å². The third-order valence-corrected chi connectivity index (χ3v) is 1.56. The van der Waals surface area contributed by atoms with E-state index in [0.717, 1.165) is 6.92 Å². The average Bonchev–Trinajstić information content (AvgIpc) is 2.17. The monoisotopic (exact) mass is 206 g/mol. The van der Waals surface area contributed by atoms with Gasteiger partial charge in [-0.15, -0.1) is 0 Å². The molecule has 1 aromatic carbocycles. The van der Waals surface area contributed by atoms with E-state index in [0.29, 0.717) is 5.56 Å². The molecule has 0 saturated carbocycles. The summed E-state index contributed by atoms with van der Waals surface area (Å²) in [5.74, 6) is -2.30. The Morgan fingerprint density at radius 1 is 1.27 bits per heavy atom. The second-order valence-corrected chi connectivity index (χ2v) is 2.82. The second kappa shape index (κ2) is 4.95. The first-order chi connectivity index (χ1) is 7.09. The van der Waals surface area contributed by atoms with Crippen molar-refractivity contribution in [1.82, 2.24) is 0 Å². The van der Waals surface area contributed by atoms with E-state index in [9.17, 15) is 9.59 Å². The molecule has 0 saturated heterocycles. The number of hydrogen-bond acceptors (Lipinski definition) is 3. The molecule has 0 unspecified atom stereocenters. The number of benzene rings is 1. The maximum atomic E-state index is 10.7. The average molecular weight is 206 g/mol. The van der Waals surface area contributed by atoms with Crippen molar-refractivity contribution in [3.8, 4) is 0 Å². The van der Waals surface area contributed by atoms with E-state index in [-0.39, 0.29) is 5.76 Å². The minimum atomic E-state index is -1.27. The lowest BCUT2D eigenvalue weighted by Crippen LogP contribution is -2.08. The van der Waals surface area contributed by atoms with Gasteiger partial charge >= 0.3 is 11.9 Å². The smallest absolute Gasteiger partial charge is 0.371 e. The van der Waals surface area contributed by atoms with Crippen molar-refractivity contribution < 1.29 is 19.4 Å². The standard InChI is InChI=1S/C11H10O4/c1-8(12)15-10(11(13)14)7-9-5-3-2-4-6-9/h2-7H,1H3,(H,13,14)/b10-7+. The van der Waals surface area contributed by atoms with Crippen LogP contribution in [0.25, 0.3) is 6.08 Å². The summed E-state index contributed by atoms with van der Waals surface area (Å²) in [5.41, 5.74) is 0.663. The van der Waals surface area contributed by atoms with Crippen LogP contribution in [0.2, 0.25) is 0 Å². The Bertz CT molecular complexity index is 392. The van der Waals surface area contributed by atoms with Gasteiger partial charge in [-0.3, -0.25) is 4.79 Å². The summed E-state index contributed by atoms with van der Waals surface area (Å²) in [5, 5.41) is 8.74. The summed E-state index contributed by atoms with van der Waals surface area (Å²) in [6.45, 7) is 1.15. The molecule has 0 spiro atoms. The molecule has 15 heavy (non-hydrogen) atoms. The highest BCUT2D eigenvalue weighted by molar-refractivity contribution is 5.92. The molecule has 0 atom stereocenters. The van der Waals surface area contributed by atoms with Gasteiger partial charge in [0.2, 0.25) is 5.76 Å². The summed E-state index contributed by atoms with van der Waals surface area (Å²) in [7, 11) is 0. The molecule has 4 heteroatoms. The van der Waals surface area contributed by atoms with Gasteiger partial charge in [0, 0.05) is 6.92 Å². The molecule has 0 heterocycles. The lowest BCUT2D eigenvalue weighted by Gasteiger charge is -2.01. The molecule has 0 aliphatic rings. The minimum absolute atomic E-state index is 0.381. The zero-order valence-electron chi connectivity index (χ0n) is 8.14. The minimum Gasteiger partial charge on any atom is -0.475 e. The molecular formula is C11H10O4. The van der Waals surface area contributed by atoms with Crippen LogP contribution < -0.4 is 0 Å². The van der Waals surface area contributed by atoms with Gasteiger partial charge in [0.05, 0.1) is 0 Å². The number of ether oxygens (including phenoxy) is 1. The van der Waals surface area contributed by atoms with Crippen molar-refractivity contribution >= 4 is 18.0 Å². The normalized spacial score (nSPS) is 10.9. The van der Waals surface area contributed by atoms with Crippen LogP contribution in [0.3, 0.4) is 0 Å². The molecule has 1 N–H and O–H groups in total. The first-order valence-electron chi connectivity index (χ1n) is 4.28. The SMILES string of the molecule is CC(=O)O/C(=C/c1ccccc1)C(=O)O. The molecule has 1 rings (SSSR count). The number of carbonyl (C=O) groups is 2. The van der Waals surface area contributed by atoms with Crippen LogP contribution in [0, 0.1) is 0 Å². The summed E-state index contributed by atoms with van der Waals surface area (Å²) >= 11 is 0. The van der Waals surface area contributed by atoms with Gasteiger partial charge in [0.25, 0.3) is 0 Å². The van der Waals surface area contributed by atoms with Crippen LogP contribution in [-0.2, 0) is 14.3 Å². The Kier molecular flexibility index (Phi) is 3.62. The van der Waals surface area contributed by atoms with E-state index >= 15 is 0 Å². The van der Waals surface area contributed by atoms with Gasteiger partial charge < -0.3 is 9.84 Å². The van der Waals surface area contributed by atoms with Crippen LogP contribution in [-0.4, -0.2) is 17.0 Å². The fourth-order valence-corrected chi connectivity index (χ4v) is 0.990. The van der Waals surface area contributed by atoms with Gasteiger partial charge in [-0.1, -0.05) is 30.3 Å². The number of hydrogen-bond donors (Lipinski definition) is 1. The number of esters is 1. The van der Waals surface area contributed by atoms with Crippen LogP contribution in [0.4, 0.5) is 0 Å². The summed E-state index contributed by atoms with van der Waals surface area (Å²) < 4.78 is 4.54. The summed E-state index contributed by atoms with van der Waals surface area (Å²) in [6, 6.07) is 8.76. The van der Waals surface area contributed by atoms with E-state index in [4.69, 9.17) is 5.11 Å². The number of carboxylic acids is 1. The maximum absolute atomic E-state index is 10.7. The van der Waals surface area contributed by atoms with Gasteiger partial charge in [-0.05, 0) is 11.6 Å². The Balaban J connectivity index is 2.94. The van der Waals surface area contributed by atoms with Crippen molar-refractivity contribution in [2.75, 3.05) is 0 Å². The molecule has 0 amide bonds. The van der Waals surface area contributed by atoms with Crippen molar-refractivity contribution in [2.45, 2.75) is 6.92 Å². The molecule has 78 valence electrons. The Hall–Kier alpha value is -2.10. The third-order valence-electron chi connectivity index (χ3n) is 1.56. The highest BCUT2D eigenvalue weighted by Crippen LogP contribution is 2.08. The van der Waals surface area contributed by atoms with Crippen molar-refractivity contribution in [3.63, 3.8) is 0 Å². The summed E-state index contributed by atoms with van der Waals surface area (Å²) in [6.07, 6.45) is 1.30. The van der Waals surface area contributed by atoms with E-state index in [1.54, 1.807) is 24.3 Å². The molecule has 4 nitrogen and oxygen atoms in total. The lowest BCUT2D eigenvalue weighted by atomic mass is 10.2. The zero-order chi connectivity index (χ0) is 11.3. The quantitative estimate of drug-likeness (QED) is 0.464. The predicted octanol–water partition coefficient (Wildman–Crippen LogP) is 1.68. The van der Waals surface area contributed by atoms with Gasteiger partial charge in [-0.25, -0.2) is 4.79 Å². The molecular weight excluding hydrogens is 196 g/mol. The van der Waals surface area contributed by atoms with Crippen LogP contribution in [0.5, 0.6) is 0 Å². The molecule has 0 radical (unpaired) electrons. The molecule has 1 aromatic rings. The van der Waals surface area contributed by atoms with Gasteiger partial charge in [0.1, 0.15) is 0 Å². The first kappa shape index (κ1) is 11.0. The lowest BCUT2D eigenvalue weighted by molar-refractivity contribution is -0.146. The van der Waals surface area contributed by atoms with Crippen LogP contribution in [0.15, 0.2) is 36.1 Å². The van der Waals surface area contributed by atoms with Crippen LogP contribution in [0.1, 0.15) is 12.5 Å². The predicted molar refractivity (Wildman–Crippen MR) is 53.8 cm³/mol. The molecule has 0 fully saturated rings. The molecule has 0 aliphatic carbocycles. The van der Waals surface area contributed by atoms with E-state index in [2.05, 4.69) is 4.74 Å². The number of carboxylic acid groups (broad SMARTS) is 1. The van der Waals surface area contributed by atoms with Crippen molar-refractivity contribution in [1.29, 1.82) is 0 Å². The highest BCUT2D eigenvalue weighted by atomic mass is 16.6. The van der Waals surface area contributed by atoms with E-state index in [1.165, 1.54) is 6.08 Å². The first-order valence-corrected chi connectivity index (χ1v) is 4.28. The second-order valence-electron chi connectivity index (χ2n) is 2.82. The topological polar surface area (TPSA) is 63.6 Å². The molecule has 0 aromatic heterocycles. The van der Waals surface area contributed by atoms with Crippen molar-refractivity contribution in [2.24, 2.45) is 0 Å². The largest absolute Gasteiger partial charge is 0.475 e. The highest BCUT2D eigenvalue weighted by Gasteiger charge is 2.10. The fraction of sp³-hybridized carbons (Fsp3) is 0.0909. The Labute approximate surface area is 86.8 Å². The molecule has 0 aliphatic heterocycles. The van der Waals surface area contributed by atoms with Gasteiger partial charge in [-0.2, -0.15) is 0 Å². The Morgan fingerprint density at radius 2 is 1.87 bits per heavy atom. The Morgan fingerprint density at radius 3 is 2.33 bits per heavy atom. The van der Waals surface area contributed by atoms with Gasteiger partial charge in [0.15, 0.2) is 0 Å². The zero-order valence-corrected chi connectivity index (χ0v) is 8.14. The van der Waals surface area contributed by atoms with E-state index in [1.807, 2.05) is 6.07 Å². The maximum Gasteiger partial charge on any atom is 0.371 e.